The van der Waals surface area contributed by atoms with Crippen LogP contribution in [0.1, 0.15) is 32.2 Å². The summed E-state index contributed by atoms with van der Waals surface area (Å²) in [6, 6.07) is 2.08. The van der Waals surface area contributed by atoms with E-state index in [0.717, 1.165) is 63.8 Å². The molecular formula is C15H28N4O. The lowest BCUT2D eigenvalue weighted by Gasteiger charge is -2.33. The van der Waals surface area contributed by atoms with Gasteiger partial charge in [0.1, 0.15) is 0 Å². The van der Waals surface area contributed by atoms with Crippen molar-refractivity contribution in [1.29, 1.82) is 0 Å². The van der Waals surface area contributed by atoms with Gasteiger partial charge in [-0.2, -0.15) is 0 Å². The highest BCUT2D eigenvalue weighted by Gasteiger charge is 2.17. The maximum atomic E-state index is 5.43. The van der Waals surface area contributed by atoms with Gasteiger partial charge >= 0.3 is 0 Å². The lowest BCUT2D eigenvalue weighted by atomic mass is 10.2. The van der Waals surface area contributed by atoms with Crippen molar-refractivity contribution >= 4 is 0 Å². The molecule has 0 aliphatic carbocycles. The third kappa shape index (κ3) is 4.89. The molecular weight excluding hydrogens is 252 g/mol. The molecule has 1 aromatic heterocycles. The largest absolute Gasteiger partial charge is 0.360 e. The van der Waals surface area contributed by atoms with Crippen LogP contribution in [0.5, 0.6) is 0 Å². The average Bonchev–Trinajstić information content (AvgIpc) is 2.87. The molecule has 1 fully saturated rings. The minimum absolute atomic E-state index is 0.663. The van der Waals surface area contributed by atoms with Crippen LogP contribution in [-0.2, 0) is 13.1 Å². The van der Waals surface area contributed by atoms with Gasteiger partial charge in [-0.3, -0.25) is 4.90 Å². The predicted octanol–water partition coefficient (Wildman–Crippen LogP) is 1.56. The van der Waals surface area contributed by atoms with Gasteiger partial charge in [-0.15, -0.1) is 0 Å². The van der Waals surface area contributed by atoms with Gasteiger partial charge in [0.25, 0.3) is 0 Å². The van der Waals surface area contributed by atoms with E-state index in [-0.39, 0.29) is 0 Å². The lowest BCUT2D eigenvalue weighted by molar-refractivity contribution is 0.122. The Bertz CT molecular complexity index is 383. The van der Waals surface area contributed by atoms with Crippen molar-refractivity contribution in [3.8, 4) is 0 Å². The quantitative estimate of drug-likeness (QED) is 0.821. The van der Waals surface area contributed by atoms with Crippen molar-refractivity contribution in [3.63, 3.8) is 0 Å². The van der Waals surface area contributed by atoms with Crippen molar-refractivity contribution in [1.82, 2.24) is 20.3 Å². The smallest absolute Gasteiger partial charge is 0.151 e. The van der Waals surface area contributed by atoms with Gasteiger partial charge in [0, 0.05) is 38.8 Å². The molecule has 0 bridgehead atoms. The summed E-state index contributed by atoms with van der Waals surface area (Å²) in [5.74, 6) is 1.65. The number of nitrogens with one attached hydrogen (secondary N) is 1. The first-order valence-corrected chi connectivity index (χ1v) is 7.77. The first-order chi connectivity index (χ1) is 9.67. The van der Waals surface area contributed by atoms with Crippen LogP contribution in [0.25, 0.3) is 0 Å². The highest BCUT2D eigenvalue weighted by Crippen LogP contribution is 2.10. The Morgan fingerprint density at radius 1 is 1.25 bits per heavy atom. The first-order valence-electron chi connectivity index (χ1n) is 7.77. The second-order valence-electron chi connectivity index (χ2n) is 6.02. The fourth-order valence-corrected chi connectivity index (χ4v) is 2.49. The molecule has 0 unspecified atom stereocenters. The second-order valence-corrected chi connectivity index (χ2v) is 6.02. The summed E-state index contributed by atoms with van der Waals surface area (Å²) in [6.45, 7) is 15.0. The highest BCUT2D eigenvalue weighted by atomic mass is 16.5. The topological polar surface area (TPSA) is 44.5 Å². The number of nitrogens with zero attached hydrogens (tertiary/aromatic N) is 3. The molecule has 1 saturated heterocycles. The van der Waals surface area contributed by atoms with Gasteiger partial charge < -0.3 is 14.7 Å². The summed E-state index contributed by atoms with van der Waals surface area (Å²) < 4.78 is 5.43. The fourth-order valence-electron chi connectivity index (χ4n) is 2.49. The van der Waals surface area contributed by atoms with E-state index >= 15 is 0 Å². The molecule has 5 heteroatoms. The van der Waals surface area contributed by atoms with E-state index < -0.39 is 0 Å². The molecule has 1 N–H and O–H groups in total. The Kier molecular flexibility index (Phi) is 6.01. The van der Waals surface area contributed by atoms with Crippen LogP contribution in [0.4, 0.5) is 0 Å². The molecule has 2 rings (SSSR count). The van der Waals surface area contributed by atoms with Crippen LogP contribution < -0.4 is 5.32 Å². The summed E-state index contributed by atoms with van der Waals surface area (Å²) in [4.78, 5) is 4.93. The molecule has 1 aliphatic heterocycles. The number of hydrogen-bond acceptors (Lipinski definition) is 5. The van der Waals surface area contributed by atoms with Crippen LogP contribution >= 0.6 is 0 Å². The fraction of sp³-hybridized carbons (Fsp3) is 0.800. The molecule has 0 amide bonds. The van der Waals surface area contributed by atoms with E-state index in [4.69, 9.17) is 4.52 Å². The number of rotatable bonds is 7. The summed E-state index contributed by atoms with van der Waals surface area (Å²) in [7, 11) is 0. The zero-order valence-electron chi connectivity index (χ0n) is 13.1. The molecule has 1 aliphatic rings. The van der Waals surface area contributed by atoms with E-state index in [1.807, 2.05) is 0 Å². The Morgan fingerprint density at radius 3 is 2.60 bits per heavy atom. The van der Waals surface area contributed by atoms with Crippen molar-refractivity contribution in [2.75, 3.05) is 39.3 Å². The van der Waals surface area contributed by atoms with E-state index in [0.29, 0.717) is 5.92 Å². The third-order valence-electron chi connectivity index (χ3n) is 3.76. The molecule has 20 heavy (non-hydrogen) atoms. The Morgan fingerprint density at radius 2 is 1.95 bits per heavy atom. The van der Waals surface area contributed by atoms with Gasteiger partial charge in [0.15, 0.2) is 5.76 Å². The SMILES string of the molecule is CCN1CCN(Cc2cc(CNCC(C)C)no2)CC1. The van der Waals surface area contributed by atoms with Crippen molar-refractivity contribution in [2.24, 2.45) is 5.92 Å². The first kappa shape index (κ1) is 15.5. The minimum Gasteiger partial charge on any atom is -0.360 e. The summed E-state index contributed by atoms with van der Waals surface area (Å²) in [5, 5.41) is 7.52. The third-order valence-corrected chi connectivity index (χ3v) is 3.76. The van der Waals surface area contributed by atoms with Gasteiger partial charge in [0.05, 0.1) is 12.2 Å². The van der Waals surface area contributed by atoms with Crippen LogP contribution in [0.3, 0.4) is 0 Å². The molecule has 0 atom stereocenters. The van der Waals surface area contributed by atoms with Crippen LogP contribution in [0, 0.1) is 5.92 Å². The average molecular weight is 280 g/mol. The van der Waals surface area contributed by atoms with Gasteiger partial charge in [-0.25, -0.2) is 0 Å². The molecule has 0 saturated carbocycles. The van der Waals surface area contributed by atoms with E-state index in [1.54, 1.807) is 0 Å². The maximum Gasteiger partial charge on any atom is 0.151 e. The molecule has 0 radical (unpaired) electrons. The standard InChI is InChI=1S/C15H28N4O/c1-4-18-5-7-19(8-6-18)12-15-9-14(17-20-15)11-16-10-13(2)3/h9,13,16H,4-8,10-12H2,1-3H3. The van der Waals surface area contributed by atoms with Crippen LogP contribution in [0.15, 0.2) is 10.6 Å². The normalized spacial score (nSPS) is 18.0. The van der Waals surface area contributed by atoms with E-state index in [2.05, 4.69) is 47.1 Å². The summed E-state index contributed by atoms with van der Waals surface area (Å²) in [6.07, 6.45) is 0. The van der Waals surface area contributed by atoms with Crippen molar-refractivity contribution in [2.45, 2.75) is 33.9 Å². The molecule has 0 aromatic carbocycles. The Balaban J connectivity index is 1.72. The number of likely N-dealkylation sites (N-methyl/N-ethyl adjacent to an activating group) is 1. The monoisotopic (exact) mass is 280 g/mol. The molecule has 0 spiro atoms. The van der Waals surface area contributed by atoms with Crippen LogP contribution in [0.2, 0.25) is 0 Å². The molecule has 1 aromatic rings. The lowest BCUT2D eigenvalue weighted by Crippen LogP contribution is -2.45. The van der Waals surface area contributed by atoms with Gasteiger partial charge in [-0.1, -0.05) is 25.9 Å². The van der Waals surface area contributed by atoms with Gasteiger partial charge in [-0.05, 0) is 19.0 Å². The zero-order chi connectivity index (χ0) is 14.4. The maximum absolute atomic E-state index is 5.43. The molecule has 2 heterocycles. The predicted molar refractivity (Wildman–Crippen MR) is 80.4 cm³/mol. The van der Waals surface area contributed by atoms with E-state index in [1.165, 1.54) is 0 Å². The van der Waals surface area contributed by atoms with Crippen LogP contribution in [-0.4, -0.2) is 54.2 Å². The molecule has 5 nitrogen and oxygen atoms in total. The molecule has 114 valence electrons. The minimum atomic E-state index is 0.663. The highest BCUT2D eigenvalue weighted by molar-refractivity contribution is 5.05. The number of aromatic nitrogens is 1. The van der Waals surface area contributed by atoms with E-state index in [9.17, 15) is 0 Å². The summed E-state index contributed by atoms with van der Waals surface area (Å²) >= 11 is 0. The Hall–Kier alpha value is -0.910. The van der Waals surface area contributed by atoms with Crippen molar-refractivity contribution in [3.05, 3.63) is 17.5 Å². The Labute approximate surface area is 122 Å². The summed E-state index contributed by atoms with van der Waals surface area (Å²) in [5.41, 5.74) is 1.01. The van der Waals surface area contributed by atoms with Crippen molar-refractivity contribution < 1.29 is 4.52 Å². The van der Waals surface area contributed by atoms with Gasteiger partial charge in [0.2, 0.25) is 0 Å². The number of hydrogen-bond donors (Lipinski definition) is 1. The number of piperazine rings is 1. The second kappa shape index (κ2) is 7.76. The zero-order valence-corrected chi connectivity index (χ0v) is 13.1.